The molecular formula is C20H25F2N3O5S. The van der Waals surface area contributed by atoms with Crippen LogP contribution in [0.5, 0.6) is 0 Å². The smallest absolute Gasteiger partial charge is 0.323 e. The fourth-order valence-electron chi connectivity index (χ4n) is 3.30. The van der Waals surface area contributed by atoms with Crippen LogP contribution in [0, 0.1) is 6.92 Å². The molecule has 1 aromatic heterocycles. The third-order valence-corrected chi connectivity index (χ3v) is 6.85. The van der Waals surface area contributed by atoms with Crippen molar-refractivity contribution in [1.29, 1.82) is 0 Å². The minimum atomic E-state index is -3.86. The average molecular weight is 457 g/mol. The van der Waals surface area contributed by atoms with E-state index in [-0.39, 0.29) is 33.9 Å². The fraction of sp³-hybridized carbons (Fsp3) is 0.450. The number of nitrogens with zero attached hydrogens (tertiary/aromatic N) is 1. The van der Waals surface area contributed by atoms with Crippen LogP contribution >= 0.6 is 0 Å². The molecule has 11 heteroatoms. The predicted octanol–water partition coefficient (Wildman–Crippen LogP) is 4.14. The van der Waals surface area contributed by atoms with E-state index >= 15 is 0 Å². The van der Waals surface area contributed by atoms with Crippen LogP contribution in [0.15, 0.2) is 39.8 Å². The van der Waals surface area contributed by atoms with Crippen LogP contribution < -0.4 is 10.6 Å². The van der Waals surface area contributed by atoms with Crippen LogP contribution in [0.25, 0.3) is 0 Å². The molecule has 1 saturated heterocycles. The maximum absolute atomic E-state index is 13.5. The Bertz CT molecular complexity index is 1040. The number of sulfonamides is 1. The Labute approximate surface area is 179 Å². The lowest BCUT2D eigenvalue weighted by Crippen LogP contribution is -2.40. The van der Waals surface area contributed by atoms with E-state index in [2.05, 4.69) is 10.6 Å². The van der Waals surface area contributed by atoms with Gasteiger partial charge in [-0.15, -0.1) is 0 Å². The summed E-state index contributed by atoms with van der Waals surface area (Å²) in [5.74, 6) is -2.84. The topological polar surface area (TPSA) is 101 Å². The van der Waals surface area contributed by atoms with Crippen molar-refractivity contribution in [1.82, 2.24) is 4.31 Å². The van der Waals surface area contributed by atoms with Crippen LogP contribution in [0.2, 0.25) is 0 Å². The van der Waals surface area contributed by atoms with Crippen LogP contribution in [0.3, 0.4) is 0 Å². The minimum Gasteiger partial charge on any atom is -0.446 e. The maximum Gasteiger partial charge on any atom is 0.323 e. The highest BCUT2D eigenvalue weighted by Gasteiger charge is 2.32. The lowest BCUT2D eigenvalue weighted by atomic mass is 10.1. The number of urea groups is 1. The number of carbonyl (C=O) groups excluding carboxylic acids is 1. The monoisotopic (exact) mass is 457 g/mol. The van der Waals surface area contributed by atoms with E-state index in [1.165, 1.54) is 41.6 Å². The van der Waals surface area contributed by atoms with E-state index in [0.29, 0.717) is 25.9 Å². The highest BCUT2D eigenvalue weighted by molar-refractivity contribution is 7.89. The van der Waals surface area contributed by atoms with Crippen molar-refractivity contribution in [2.45, 2.75) is 43.8 Å². The normalized spacial score (nSPS) is 16.3. The molecule has 0 atom stereocenters. The number of aryl methyl sites for hydroxylation is 1. The van der Waals surface area contributed by atoms with E-state index in [0.717, 1.165) is 6.92 Å². The number of ether oxygens (including phenoxy) is 1. The summed E-state index contributed by atoms with van der Waals surface area (Å²) in [6.07, 6.45) is 1.19. The molecule has 8 nitrogen and oxygen atoms in total. The van der Waals surface area contributed by atoms with Crippen molar-refractivity contribution in [2.75, 3.05) is 30.8 Å². The number of furan rings is 1. The van der Waals surface area contributed by atoms with E-state index < -0.39 is 22.0 Å². The summed E-state index contributed by atoms with van der Waals surface area (Å²) < 4.78 is 64.6. The van der Waals surface area contributed by atoms with Gasteiger partial charge in [0.1, 0.15) is 5.76 Å². The summed E-state index contributed by atoms with van der Waals surface area (Å²) in [5.41, 5.74) is 0.0989. The molecule has 170 valence electrons. The number of hydrogen-bond acceptors (Lipinski definition) is 5. The number of piperidine rings is 1. The number of rotatable bonds is 6. The summed E-state index contributed by atoms with van der Waals surface area (Å²) in [6.45, 7) is 2.90. The van der Waals surface area contributed by atoms with Crippen molar-refractivity contribution in [3.05, 3.63) is 41.7 Å². The van der Waals surface area contributed by atoms with Gasteiger partial charge in [-0.3, -0.25) is 0 Å². The molecule has 0 unspecified atom stereocenters. The molecule has 1 aromatic carbocycles. The van der Waals surface area contributed by atoms with E-state index in [1.54, 1.807) is 7.11 Å². The van der Waals surface area contributed by atoms with Gasteiger partial charge in [0.25, 0.3) is 15.9 Å². The van der Waals surface area contributed by atoms with Gasteiger partial charge in [-0.1, -0.05) is 12.1 Å². The molecule has 1 aliphatic rings. The zero-order valence-electron chi connectivity index (χ0n) is 17.4. The van der Waals surface area contributed by atoms with Gasteiger partial charge < -0.3 is 19.8 Å². The number of nitrogens with one attached hydrogen (secondary N) is 2. The quantitative estimate of drug-likeness (QED) is 0.679. The molecule has 1 fully saturated rings. The van der Waals surface area contributed by atoms with Crippen LogP contribution in [-0.2, 0) is 20.7 Å². The molecule has 2 amide bonds. The first-order chi connectivity index (χ1) is 14.5. The summed E-state index contributed by atoms with van der Waals surface area (Å²) in [5, 5.41) is 4.67. The second kappa shape index (κ2) is 8.93. The van der Waals surface area contributed by atoms with Crippen molar-refractivity contribution in [3.63, 3.8) is 0 Å². The molecular weight excluding hydrogens is 432 g/mol. The van der Waals surface area contributed by atoms with Gasteiger partial charge in [0.05, 0.1) is 11.8 Å². The van der Waals surface area contributed by atoms with E-state index in [9.17, 15) is 22.0 Å². The van der Waals surface area contributed by atoms with Gasteiger partial charge in [0.15, 0.2) is 0 Å². The van der Waals surface area contributed by atoms with Crippen LogP contribution in [-0.4, -0.2) is 45.1 Å². The van der Waals surface area contributed by atoms with E-state index in [4.69, 9.17) is 9.15 Å². The largest absolute Gasteiger partial charge is 0.446 e. The average Bonchev–Trinajstić information content (AvgIpc) is 3.08. The van der Waals surface area contributed by atoms with Gasteiger partial charge in [0, 0.05) is 44.4 Å². The Kier molecular flexibility index (Phi) is 6.68. The van der Waals surface area contributed by atoms with Crippen molar-refractivity contribution >= 4 is 27.4 Å². The summed E-state index contributed by atoms with van der Waals surface area (Å²) in [6, 6.07) is 5.82. The molecule has 0 spiro atoms. The molecule has 2 aromatic rings. The van der Waals surface area contributed by atoms with E-state index in [1.807, 2.05) is 0 Å². The first kappa shape index (κ1) is 23.2. The highest BCUT2D eigenvalue weighted by Crippen LogP contribution is 2.30. The van der Waals surface area contributed by atoms with Gasteiger partial charge >= 0.3 is 6.03 Å². The lowest BCUT2D eigenvalue weighted by molar-refractivity contribution is 0.0175. The second-order valence-corrected chi connectivity index (χ2v) is 9.29. The minimum absolute atomic E-state index is 0.0249. The molecule has 0 saturated carbocycles. The number of halogens is 2. The number of methoxy groups -OCH3 is 1. The summed E-state index contributed by atoms with van der Waals surface area (Å²) >= 11 is 0. The second-order valence-electron chi connectivity index (χ2n) is 7.42. The Morgan fingerprint density at radius 2 is 1.90 bits per heavy atom. The Morgan fingerprint density at radius 1 is 1.23 bits per heavy atom. The maximum atomic E-state index is 13.5. The Hall–Kier alpha value is -2.50. The number of alkyl halides is 2. The first-order valence-corrected chi connectivity index (χ1v) is 11.1. The zero-order valence-corrected chi connectivity index (χ0v) is 18.3. The number of anilines is 2. The number of carbonyl (C=O) groups is 1. The van der Waals surface area contributed by atoms with Gasteiger partial charge in [-0.05, 0) is 31.9 Å². The molecule has 2 heterocycles. The van der Waals surface area contributed by atoms with Crippen LogP contribution in [0.1, 0.15) is 31.1 Å². The number of amides is 2. The fourth-order valence-corrected chi connectivity index (χ4v) is 4.74. The highest BCUT2D eigenvalue weighted by atomic mass is 32.2. The molecule has 1 aliphatic heterocycles. The molecule has 0 aliphatic carbocycles. The third kappa shape index (κ3) is 5.41. The number of benzene rings is 1. The first-order valence-electron chi connectivity index (χ1n) is 9.70. The Morgan fingerprint density at radius 3 is 2.52 bits per heavy atom. The molecule has 3 rings (SSSR count). The van der Waals surface area contributed by atoms with Crippen molar-refractivity contribution < 1.29 is 31.1 Å². The zero-order chi connectivity index (χ0) is 22.8. The van der Waals surface area contributed by atoms with Gasteiger partial charge in [0.2, 0.25) is 5.09 Å². The van der Waals surface area contributed by atoms with Gasteiger partial charge in [-0.2, -0.15) is 4.31 Å². The summed E-state index contributed by atoms with van der Waals surface area (Å²) in [4.78, 5) is 12.3. The number of hydrogen-bond donors (Lipinski definition) is 2. The predicted molar refractivity (Wildman–Crippen MR) is 111 cm³/mol. The lowest BCUT2D eigenvalue weighted by Gasteiger charge is -2.29. The molecule has 2 N–H and O–H groups in total. The third-order valence-electron chi connectivity index (χ3n) is 5.10. The van der Waals surface area contributed by atoms with Crippen LogP contribution in [0.4, 0.5) is 25.0 Å². The van der Waals surface area contributed by atoms with Crippen molar-refractivity contribution in [3.8, 4) is 0 Å². The molecule has 0 radical (unpaired) electrons. The SMILES string of the molecule is COC1CCN(S(=O)(=O)c2cc(NC(=O)Nc3cccc(C(C)(F)F)c3)c(C)o2)CC1. The molecule has 0 bridgehead atoms. The summed E-state index contributed by atoms with van der Waals surface area (Å²) in [7, 11) is -2.26. The Balaban J connectivity index is 1.69. The van der Waals surface area contributed by atoms with Gasteiger partial charge in [-0.25, -0.2) is 22.0 Å². The van der Waals surface area contributed by atoms with Crippen molar-refractivity contribution in [2.24, 2.45) is 0 Å². The standard InChI is InChI=1S/C20H25F2N3O5S/c1-13-17(24-19(26)23-15-6-4-5-14(11-15)20(2,21)22)12-18(30-13)31(27,28)25-9-7-16(29-3)8-10-25/h4-6,11-12,16H,7-10H2,1-3H3,(H2,23,24,26). The molecule has 31 heavy (non-hydrogen) atoms.